The van der Waals surface area contributed by atoms with Crippen molar-refractivity contribution in [2.75, 3.05) is 25.7 Å². The van der Waals surface area contributed by atoms with Crippen LogP contribution in [0.4, 0.5) is 0 Å². The maximum atomic E-state index is 12.4. The van der Waals surface area contributed by atoms with Crippen molar-refractivity contribution in [1.82, 2.24) is 15.1 Å². The van der Waals surface area contributed by atoms with Gasteiger partial charge in [0.05, 0.1) is 24.2 Å². The Kier molecular flexibility index (Phi) is 4.27. The lowest BCUT2D eigenvalue weighted by Crippen LogP contribution is -2.38. The minimum absolute atomic E-state index is 0.0389. The van der Waals surface area contributed by atoms with Crippen LogP contribution >= 0.6 is 0 Å². The molecule has 1 aliphatic rings. The minimum atomic E-state index is -3.08. The predicted octanol–water partition coefficient (Wildman–Crippen LogP) is 1.00. The lowest BCUT2D eigenvalue weighted by molar-refractivity contribution is 0.0708. The van der Waals surface area contributed by atoms with Crippen molar-refractivity contribution >= 4 is 15.7 Å². The van der Waals surface area contributed by atoms with Crippen molar-refractivity contribution < 1.29 is 22.4 Å². The van der Waals surface area contributed by atoms with Crippen LogP contribution in [0, 0.1) is 0 Å². The molecule has 24 heavy (non-hydrogen) atoms. The Morgan fingerprint density at radius 3 is 2.75 bits per heavy atom. The Morgan fingerprint density at radius 2 is 2.08 bits per heavy atom. The number of carbonyl (C=O) groups is 1. The zero-order valence-electron chi connectivity index (χ0n) is 13.3. The summed E-state index contributed by atoms with van der Waals surface area (Å²) >= 11 is 0. The Labute approximate surface area is 139 Å². The summed E-state index contributed by atoms with van der Waals surface area (Å²) in [6.45, 7) is 0. The number of amides is 1. The highest BCUT2D eigenvalue weighted by Crippen LogP contribution is 2.28. The van der Waals surface area contributed by atoms with Crippen molar-refractivity contribution in [2.45, 2.75) is 12.5 Å². The number of rotatable bonds is 4. The van der Waals surface area contributed by atoms with Gasteiger partial charge >= 0.3 is 11.8 Å². The summed E-state index contributed by atoms with van der Waals surface area (Å²) in [5.41, 5.74) is 0.581. The van der Waals surface area contributed by atoms with Crippen LogP contribution in [0.3, 0.4) is 0 Å². The maximum Gasteiger partial charge on any atom is 0.311 e. The molecule has 9 heteroatoms. The molecule has 1 amide bonds. The number of aromatic nitrogens is 2. The summed E-state index contributed by atoms with van der Waals surface area (Å²) in [5.74, 6) is 0.0982. The molecule has 1 unspecified atom stereocenters. The van der Waals surface area contributed by atoms with Gasteiger partial charge in [-0.3, -0.25) is 4.79 Å². The molecule has 128 valence electrons. The molecular formula is C15H17N3O5S. The number of carbonyl (C=O) groups excluding carboxylic acids is 1. The molecule has 0 spiro atoms. The van der Waals surface area contributed by atoms with Crippen LogP contribution in [0.1, 0.15) is 17.1 Å². The third kappa shape index (κ3) is 3.12. The molecule has 8 nitrogen and oxygen atoms in total. The second-order valence-electron chi connectivity index (χ2n) is 5.59. The Morgan fingerprint density at radius 1 is 1.33 bits per heavy atom. The van der Waals surface area contributed by atoms with Gasteiger partial charge in [-0.25, -0.2) is 8.42 Å². The van der Waals surface area contributed by atoms with Crippen LogP contribution in [0.5, 0.6) is 5.75 Å². The van der Waals surface area contributed by atoms with E-state index in [1.807, 2.05) is 0 Å². The number of benzene rings is 1. The predicted molar refractivity (Wildman–Crippen MR) is 85.4 cm³/mol. The summed E-state index contributed by atoms with van der Waals surface area (Å²) in [5, 5.41) is 7.68. The van der Waals surface area contributed by atoms with Gasteiger partial charge in [-0.1, -0.05) is 12.1 Å². The van der Waals surface area contributed by atoms with E-state index in [1.54, 1.807) is 31.3 Å². The lowest BCUT2D eigenvalue weighted by atomic mass is 10.2. The molecule has 0 aliphatic carbocycles. The largest absolute Gasteiger partial charge is 0.496 e. The lowest BCUT2D eigenvalue weighted by Gasteiger charge is -2.21. The third-order valence-corrected chi connectivity index (χ3v) is 5.77. The summed E-state index contributed by atoms with van der Waals surface area (Å²) in [7, 11) is -0.0142. The number of hydrogen-bond acceptors (Lipinski definition) is 7. The van der Waals surface area contributed by atoms with E-state index in [2.05, 4.69) is 10.2 Å². The second kappa shape index (κ2) is 6.23. The number of ether oxygens (including phenoxy) is 1. The van der Waals surface area contributed by atoms with Crippen molar-refractivity contribution in [3.63, 3.8) is 0 Å². The molecule has 1 atom stereocenters. The quantitative estimate of drug-likeness (QED) is 0.809. The standard InChI is InChI=1S/C15H17N3O5S/c1-18(10-7-8-24(20,21)9-10)15(19)14-17-16-13(23-14)11-5-3-4-6-12(11)22-2/h3-6,10H,7-9H2,1-2H3. The highest BCUT2D eigenvalue weighted by atomic mass is 32.2. The first kappa shape index (κ1) is 16.4. The number of methoxy groups -OCH3 is 1. The molecule has 2 heterocycles. The zero-order chi connectivity index (χ0) is 17.3. The number of para-hydroxylation sites is 1. The second-order valence-corrected chi connectivity index (χ2v) is 7.81. The van der Waals surface area contributed by atoms with E-state index < -0.39 is 15.7 Å². The molecule has 1 aromatic carbocycles. The average Bonchev–Trinajstić information content (AvgIpc) is 3.20. The van der Waals surface area contributed by atoms with Gasteiger partial charge in [0.25, 0.3) is 5.89 Å². The minimum Gasteiger partial charge on any atom is -0.496 e. The average molecular weight is 351 g/mol. The van der Waals surface area contributed by atoms with Gasteiger partial charge in [-0.2, -0.15) is 0 Å². The van der Waals surface area contributed by atoms with Crippen molar-refractivity contribution in [3.05, 3.63) is 30.2 Å². The van der Waals surface area contributed by atoms with E-state index in [0.717, 1.165) is 0 Å². The molecule has 0 saturated carbocycles. The normalized spacial score (nSPS) is 19.2. The van der Waals surface area contributed by atoms with Gasteiger partial charge in [0.15, 0.2) is 9.84 Å². The molecule has 0 radical (unpaired) electrons. The first-order valence-corrected chi connectivity index (χ1v) is 9.18. The first-order chi connectivity index (χ1) is 11.4. The number of sulfone groups is 1. The summed E-state index contributed by atoms with van der Waals surface area (Å²) in [6.07, 6.45) is 0.415. The van der Waals surface area contributed by atoms with Gasteiger partial charge in [0.1, 0.15) is 5.75 Å². The van der Waals surface area contributed by atoms with E-state index in [0.29, 0.717) is 17.7 Å². The fourth-order valence-electron chi connectivity index (χ4n) is 2.64. The molecule has 3 rings (SSSR count). The van der Waals surface area contributed by atoms with Crippen LogP contribution in [0.2, 0.25) is 0 Å². The maximum absolute atomic E-state index is 12.4. The van der Waals surface area contributed by atoms with Crippen molar-refractivity contribution in [1.29, 1.82) is 0 Å². The fourth-order valence-corrected chi connectivity index (χ4v) is 4.41. The Bertz CT molecular complexity index is 861. The monoisotopic (exact) mass is 351 g/mol. The summed E-state index contributed by atoms with van der Waals surface area (Å²) in [6, 6.07) is 6.71. The topological polar surface area (TPSA) is 103 Å². The van der Waals surface area contributed by atoms with E-state index in [4.69, 9.17) is 9.15 Å². The van der Waals surface area contributed by atoms with Gasteiger partial charge in [0, 0.05) is 13.1 Å². The first-order valence-electron chi connectivity index (χ1n) is 7.36. The summed E-state index contributed by atoms with van der Waals surface area (Å²) in [4.78, 5) is 13.8. The van der Waals surface area contributed by atoms with Crippen LogP contribution < -0.4 is 4.74 Å². The molecule has 1 saturated heterocycles. The molecule has 0 N–H and O–H groups in total. The molecule has 0 bridgehead atoms. The number of hydrogen-bond donors (Lipinski definition) is 0. The van der Waals surface area contributed by atoms with E-state index >= 15 is 0 Å². The Hall–Kier alpha value is -2.42. The van der Waals surface area contributed by atoms with Crippen LogP contribution in [-0.2, 0) is 9.84 Å². The van der Waals surface area contributed by atoms with Crippen LogP contribution in [-0.4, -0.2) is 61.1 Å². The molecule has 1 fully saturated rings. The van der Waals surface area contributed by atoms with Gasteiger partial charge < -0.3 is 14.1 Å². The van der Waals surface area contributed by atoms with E-state index in [1.165, 1.54) is 12.0 Å². The van der Waals surface area contributed by atoms with Crippen molar-refractivity contribution in [3.8, 4) is 17.2 Å². The van der Waals surface area contributed by atoms with E-state index in [9.17, 15) is 13.2 Å². The number of nitrogens with zero attached hydrogens (tertiary/aromatic N) is 3. The van der Waals surface area contributed by atoms with Crippen LogP contribution in [0.15, 0.2) is 28.7 Å². The smallest absolute Gasteiger partial charge is 0.311 e. The van der Waals surface area contributed by atoms with Crippen molar-refractivity contribution in [2.24, 2.45) is 0 Å². The van der Waals surface area contributed by atoms with E-state index in [-0.39, 0.29) is 29.3 Å². The van der Waals surface area contributed by atoms with Crippen LogP contribution in [0.25, 0.3) is 11.5 Å². The highest BCUT2D eigenvalue weighted by Gasteiger charge is 2.34. The van der Waals surface area contributed by atoms with Gasteiger partial charge in [-0.15, -0.1) is 10.2 Å². The Balaban J connectivity index is 1.81. The molecule has 1 aliphatic heterocycles. The molecule has 1 aromatic heterocycles. The highest BCUT2D eigenvalue weighted by molar-refractivity contribution is 7.91. The summed E-state index contributed by atoms with van der Waals surface area (Å²) < 4.78 is 33.8. The SMILES string of the molecule is COc1ccccc1-c1nnc(C(=O)N(C)C2CCS(=O)(=O)C2)o1. The van der Waals surface area contributed by atoms with Gasteiger partial charge in [-0.05, 0) is 18.6 Å². The molecule has 2 aromatic rings. The fraction of sp³-hybridized carbons (Fsp3) is 0.400. The zero-order valence-corrected chi connectivity index (χ0v) is 14.1. The molecular weight excluding hydrogens is 334 g/mol. The third-order valence-electron chi connectivity index (χ3n) is 4.02. The van der Waals surface area contributed by atoms with Gasteiger partial charge in [0.2, 0.25) is 0 Å².